The summed E-state index contributed by atoms with van der Waals surface area (Å²) >= 11 is 0. The van der Waals surface area contributed by atoms with E-state index in [-0.39, 0.29) is 51.3 Å². The Morgan fingerprint density at radius 1 is 0.761 bits per heavy atom. The fraction of sp³-hybridized carbons (Fsp3) is 0.609. The van der Waals surface area contributed by atoms with E-state index in [4.69, 9.17) is 17.2 Å². The maximum Gasteiger partial charge on any atom is 0.325 e. The number of amides is 8. The first kappa shape index (κ1) is 58.5. The number of aromatic nitrogens is 1. The standard InChI is InChI=1S/C46H73N13O12/c1-8-23(4)35(56-39(64)31(19-27-21-51-29-14-10-9-13-28(27)29)54-41(66)34(22(2)3)55-33(62)20-47)42(67)53-30(15-11-17-50-46(48)49)38(63)58-37(26(7)61)44(69)59-18-12-16-32(59)40(65)57-36(25(6)60)43(68)52-24(5)45(70)71/h9-10,13-14,21-26,30-32,34-37,51,60-61H,8,11-12,15-20,47H2,1-7H3,(H,52,68)(H,53,67)(H,54,66)(H,55,62)(H,56,64)(H,57,65)(H,58,63)(H,70,71)(H4,48,49,50)/t23-,24-,25+,26+,30-,31-,32-,34-,35-,36-,37-/m0/s1. The van der Waals surface area contributed by atoms with Crippen LogP contribution in [0.4, 0.5) is 0 Å². The number of hydrogen-bond donors (Lipinski definition) is 14. The third kappa shape index (κ3) is 16.9. The summed E-state index contributed by atoms with van der Waals surface area (Å²) in [4.78, 5) is 129. The van der Waals surface area contributed by atoms with Crippen LogP contribution in [0.25, 0.3) is 10.9 Å². The molecule has 17 N–H and O–H groups in total. The van der Waals surface area contributed by atoms with Gasteiger partial charge in [0.1, 0.15) is 48.3 Å². The first-order valence-corrected chi connectivity index (χ1v) is 23.7. The van der Waals surface area contributed by atoms with Crippen LogP contribution in [0.5, 0.6) is 0 Å². The van der Waals surface area contributed by atoms with Gasteiger partial charge >= 0.3 is 5.97 Å². The van der Waals surface area contributed by atoms with Gasteiger partial charge in [-0.2, -0.15) is 0 Å². The van der Waals surface area contributed by atoms with Crippen molar-refractivity contribution in [2.75, 3.05) is 19.6 Å². The lowest BCUT2D eigenvalue weighted by Crippen LogP contribution is -2.62. The number of aliphatic carboxylic acids is 1. The molecule has 25 nitrogen and oxygen atoms in total. The molecule has 2 heterocycles. The van der Waals surface area contributed by atoms with Crippen LogP contribution in [0.3, 0.4) is 0 Å². The lowest BCUT2D eigenvalue weighted by molar-refractivity contribution is -0.145. The van der Waals surface area contributed by atoms with Crippen molar-refractivity contribution in [3.63, 3.8) is 0 Å². The number of benzene rings is 1. The van der Waals surface area contributed by atoms with Gasteiger partial charge in [0.05, 0.1) is 18.8 Å². The molecule has 1 fully saturated rings. The monoisotopic (exact) mass is 1000 g/mol. The number of carboxylic acid groups (broad SMARTS) is 1. The van der Waals surface area contributed by atoms with E-state index in [1.807, 2.05) is 24.3 Å². The van der Waals surface area contributed by atoms with Gasteiger partial charge in [-0.05, 0) is 69.9 Å². The highest BCUT2D eigenvalue weighted by Gasteiger charge is 2.42. The average molecular weight is 1000 g/mol. The van der Waals surface area contributed by atoms with Crippen molar-refractivity contribution in [3.8, 4) is 0 Å². The molecule has 1 aliphatic rings. The predicted octanol–water partition coefficient (Wildman–Crippen LogP) is -3.32. The van der Waals surface area contributed by atoms with E-state index in [1.165, 1.54) is 20.8 Å². The van der Waals surface area contributed by atoms with Crippen molar-refractivity contribution < 1.29 is 58.5 Å². The number of likely N-dealkylation sites (tertiary alicyclic amines) is 1. The average Bonchev–Trinajstić information content (AvgIpc) is 3.98. The summed E-state index contributed by atoms with van der Waals surface area (Å²) in [6.45, 7) is 10.2. The molecule has 1 aromatic heterocycles. The van der Waals surface area contributed by atoms with Gasteiger partial charge in [-0.3, -0.25) is 48.1 Å². The maximum absolute atomic E-state index is 14.4. The Balaban J connectivity index is 1.92. The molecule has 25 heteroatoms. The zero-order valence-corrected chi connectivity index (χ0v) is 41.3. The zero-order chi connectivity index (χ0) is 53.3. The summed E-state index contributed by atoms with van der Waals surface area (Å²) in [6, 6.07) is -3.63. The van der Waals surface area contributed by atoms with E-state index in [2.05, 4.69) is 47.2 Å². The fourth-order valence-corrected chi connectivity index (χ4v) is 7.89. The molecule has 8 amide bonds. The molecule has 1 aliphatic heterocycles. The second kappa shape index (κ2) is 27.5. The fourth-order valence-electron chi connectivity index (χ4n) is 7.89. The number of aliphatic hydroxyl groups excluding tert-OH is 2. The molecule has 394 valence electrons. The quantitative estimate of drug-likeness (QED) is 0.0237. The first-order valence-electron chi connectivity index (χ1n) is 23.7. The number of nitrogens with zero attached hydrogens (tertiary/aromatic N) is 2. The molecular weight excluding hydrogens is 927 g/mol. The van der Waals surface area contributed by atoms with Gasteiger partial charge in [-0.15, -0.1) is 0 Å². The molecule has 0 aliphatic carbocycles. The van der Waals surface area contributed by atoms with Crippen LogP contribution < -0.4 is 54.4 Å². The number of aliphatic hydroxyl groups is 2. The van der Waals surface area contributed by atoms with Crippen molar-refractivity contribution in [2.24, 2.45) is 34.0 Å². The molecule has 0 unspecified atom stereocenters. The number of nitrogens with one attached hydrogen (secondary N) is 8. The van der Waals surface area contributed by atoms with Gasteiger partial charge < -0.3 is 79.6 Å². The van der Waals surface area contributed by atoms with Crippen LogP contribution in [-0.4, -0.2) is 165 Å². The van der Waals surface area contributed by atoms with Gasteiger partial charge in [0, 0.05) is 36.6 Å². The lowest BCUT2D eigenvalue weighted by atomic mass is 9.96. The molecule has 11 atom stereocenters. The van der Waals surface area contributed by atoms with Crippen molar-refractivity contribution in [1.82, 2.24) is 47.1 Å². The minimum atomic E-state index is -1.68. The van der Waals surface area contributed by atoms with Crippen LogP contribution in [0.1, 0.15) is 86.1 Å². The molecule has 1 aromatic carbocycles. The molecule has 2 aromatic rings. The van der Waals surface area contributed by atoms with Crippen molar-refractivity contribution in [2.45, 2.75) is 148 Å². The van der Waals surface area contributed by atoms with Crippen LogP contribution in [0.2, 0.25) is 0 Å². The maximum atomic E-state index is 14.4. The Labute approximate surface area is 412 Å². The summed E-state index contributed by atoms with van der Waals surface area (Å²) in [7, 11) is 0. The Hall–Kier alpha value is -6.86. The second-order valence-corrected chi connectivity index (χ2v) is 18.2. The smallest absolute Gasteiger partial charge is 0.325 e. The summed E-state index contributed by atoms with van der Waals surface area (Å²) in [5.41, 5.74) is 18.0. The summed E-state index contributed by atoms with van der Waals surface area (Å²) in [6.07, 6.45) is -0.621. The normalized spacial score (nSPS) is 17.7. The number of aliphatic imine (C=N–C) groups is 1. The third-order valence-electron chi connectivity index (χ3n) is 12.2. The molecule has 0 spiro atoms. The number of para-hydroxylation sites is 1. The number of carboxylic acids is 1. The second-order valence-electron chi connectivity index (χ2n) is 18.2. The minimum Gasteiger partial charge on any atom is -0.480 e. The van der Waals surface area contributed by atoms with E-state index < -0.39 is 126 Å². The Bertz CT molecular complexity index is 2230. The van der Waals surface area contributed by atoms with Gasteiger partial charge in [0.2, 0.25) is 47.3 Å². The molecule has 71 heavy (non-hydrogen) atoms. The number of hydrogen-bond acceptors (Lipinski definition) is 13. The van der Waals surface area contributed by atoms with E-state index in [0.717, 1.165) is 15.8 Å². The van der Waals surface area contributed by atoms with Gasteiger partial charge in [-0.1, -0.05) is 52.3 Å². The van der Waals surface area contributed by atoms with Crippen LogP contribution in [-0.2, 0) is 49.6 Å². The Kier molecular flexibility index (Phi) is 22.6. The number of fused-ring (bicyclic) bond motifs is 1. The van der Waals surface area contributed by atoms with Crippen molar-refractivity contribution >= 4 is 70.1 Å². The van der Waals surface area contributed by atoms with Crippen LogP contribution >= 0.6 is 0 Å². The Morgan fingerprint density at radius 3 is 1.94 bits per heavy atom. The van der Waals surface area contributed by atoms with Crippen LogP contribution in [0.15, 0.2) is 35.5 Å². The first-order chi connectivity index (χ1) is 33.4. The Morgan fingerprint density at radius 2 is 1.35 bits per heavy atom. The number of aromatic amines is 1. The molecule has 3 rings (SSSR count). The number of guanidine groups is 1. The number of carbonyl (C=O) groups excluding carboxylic acids is 8. The zero-order valence-electron chi connectivity index (χ0n) is 41.3. The number of carbonyl (C=O) groups is 9. The number of rotatable bonds is 27. The summed E-state index contributed by atoms with van der Waals surface area (Å²) in [5, 5.41) is 49.1. The molecule has 0 radical (unpaired) electrons. The van der Waals surface area contributed by atoms with Gasteiger partial charge in [-0.25, -0.2) is 0 Å². The lowest BCUT2D eigenvalue weighted by Gasteiger charge is -2.32. The molecule has 0 saturated carbocycles. The largest absolute Gasteiger partial charge is 0.480 e. The minimum absolute atomic E-state index is 0.00518. The number of H-pyrrole nitrogens is 1. The highest BCUT2D eigenvalue weighted by atomic mass is 16.4. The molecular formula is C46H73N13O12. The van der Waals surface area contributed by atoms with Crippen molar-refractivity contribution in [3.05, 3.63) is 36.0 Å². The van der Waals surface area contributed by atoms with E-state index in [9.17, 15) is 58.5 Å². The van der Waals surface area contributed by atoms with Gasteiger partial charge in [0.15, 0.2) is 5.96 Å². The number of nitrogens with two attached hydrogens (primary N) is 3. The van der Waals surface area contributed by atoms with E-state index in [1.54, 1.807) is 33.9 Å². The highest BCUT2D eigenvalue weighted by molar-refractivity contribution is 5.99. The third-order valence-corrected chi connectivity index (χ3v) is 12.2. The summed E-state index contributed by atoms with van der Waals surface area (Å²) < 4.78 is 0. The summed E-state index contributed by atoms with van der Waals surface area (Å²) in [5.74, 6) is -9.07. The predicted molar refractivity (Wildman–Crippen MR) is 260 cm³/mol. The SMILES string of the molecule is CC[C@H](C)[C@H](NC(=O)[C@H](Cc1c[nH]c2ccccc12)NC(=O)[C@@H](NC(=O)CN)C(C)C)C(=O)N[C@@H](CCCN=C(N)N)C(=O)N[C@H](C(=O)N1CCC[C@H]1C(=O)N[C@H](C(=O)N[C@@H](C)C(=O)O)[C@@H](C)O)[C@@H](C)O. The van der Waals surface area contributed by atoms with Gasteiger partial charge in [0.25, 0.3) is 0 Å². The van der Waals surface area contributed by atoms with E-state index >= 15 is 0 Å². The van der Waals surface area contributed by atoms with Crippen LogP contribution in [0, 0.1) is 11.8 Å². The molecule has 0 bridgehead atoms. The highest BCUT2D eigenvalue weighted by Crippen LogP contribution is 2.22. The van der Waals surface area contributed by atoms with E-state index in [0.29, 0.717) is 18.4 Å². The van der Waals surface area contributed by atoms with Crippen molar-refractivity contribution in [1.29, 1.82) is 0 Å². The molecule has 1 saturated heterocycles. The topological polar surface area (TPSA) is 408 Å².